The molecule has 5 atom stereocenters. The van der Waals surface area contributed by atoms with Gasteiger partial charge in [0, 0.05) is 18.0 Å². The van der Waals surface area contributed by atoms with Crippen molar-refractivity contribution in [2.75, 3.05) is 20.7 Å². The first kappa shape index (κ1) is 28.6. The first-order chi connectivity index (χ1) is 19.6. The number of likely N-dealkylation sites (N-methyl/N-ethyl adjacent to an activating group) is 1. The van der Waals surface area contributed by atoms with Crippen LogP contribution >= 0.6 is 0 Å². The highest BCUT2D eigenvalue weighted by atomic mass is 16.6. The lowest BCUT2D eigenvalue weighted by Crippen LogP contribution is -2.74. The number of hydrogen-bond donors (Lipinski definition) is 2. The SMILES string of the molecule is C=C(/C=C\C=C/C)[C@H](OC(=O)CCC(=O)O)C(=O)OC1=CC[C@@]2(O)[C@H]3Cc4ccc(OC)c5c4C2(CCN3C)C1O5. The summed E-state index contributed by atoms with van der Waals surface area (Å²) in [6.07, 6.45) is 6.58. The molecule has 218 valence electrons. The van der Waals surface area contributed by atoms with Crippen LogP contribution in [0.5, 0.6) is 11.5 Å². The van der Waals surface area contributed by atoms with Crippen LogP contribution in [0.1, 0.15) is 43.7 Å². The number of nitrogens with zero attached hydrogens (tertiary/aromatic N) is 1. The van der Waals surface area contributed by atoms with Gasteiger partial charge < -0.3 is 34.1 Å². The summed E-state index contributed by atoms with van der Waals surface area (Å²) in [5.41, 5.74) is 0.0600. The lowest BCUT2D eigenvalue weighted by molar-refractivity contribution is -0.174. The third-order valence-corrected chi connectivity index (χ3v) is 8.73. The second-order valence-electron chi connectivity index (χ2n) is 10.9. The Bertz CT molecular complexity index is 1380. The van der Waals surface area contributed by atoms with Crippen molar-refractivity contribution < 1.29 is 43.5 Å². The fraction of sp³-hybridized carbons (Fsp3) is 0.452. The molecule has 0 amide bonds. The summed E-state index contributed by atoms with van der Waals surface area (Å²) in [5.74, 6) is -1.65. The van der Waals surface area contributed by atoms with Crippen LogP contribution in [0.4, 0.5) is 0 Å². The van der Waals surface area contributed by atoms with Gasteiger partial charge in [0.25, 0.3) is 0 Å². The lowest BCUT2D eigenvalue weighted by atomic mass is 9.50. The molecule has 1 aromatic carbocycles. The number of benzene rings is 1. The smallest absolute Gasteiger partial charge is 0.357 e. The standard InChI is InChI=1S/C31H35NO9/c1-5-6-7-8-18(2)26(40-24(35)12-11-23(33)34)29(36)39-21-13-14-31(37)22-17-19-9-10-20(38-4)27-25(19)30(31,28(21)41-27)15-16-32(22)3/h5-10,13,22,26,28,37H,2,11-12,14-17H2,1,3-4H3,(H,33,34)/b6-5-,8-7-/t22-,26+,28?,30?,31-/m1/s1. The Hall–Kier alpha value is -3.89. The maximum Gasteiger partial charge on any atom is 0.357 e. The number of likely N-dealkylation sites (tertiary alicyclic amines) is 1. The van der Waals surface area contributed by atoms with Crippen molar-refractivity contribution in [3.05, 3.63) is 71.6 Å². The number of carbonyl (C=O) groups is 3. The first-order valence-electron chi connectivity index (χ1n) is 13.7. The second-order valence-corrected chi connectivity index (χ2v) is 10.9. The summed E-state index contributed by atoms with van der Waals surface area (Å²) in [5, 5.41) is 21.3. The minimum Gasteiger partial charge on any atom is -0.493 e. The molecule has 2 N–H and O–H groups in total. The Morgan fingerprint density at radius 2 is 2.05 bits per heavy atom. The minimum atomic E-state index is -1.51. The molecule has 2 aliphatic carbocycles. The van der Waals surface area contributed by atoms with E-state index in [4.69, 9.17) is 24.1 Å². The number of ether oxygens (including phenoxy) is 4. The largest absolute Gasteiger partial charge is 0.493 e. The van der Waals surface area contributed by atoms with Crippen molar-refractivity contribution in [3.63, 3.8) is 0 Å². The molecule has 10 heteroatoms. The molecule has 0 radical (unpaired) electrons. The van der Waals surface area contributed by atoms with Gasteiger partial charge in [-0.15, -0.1) is 0 Å². The minimum absolute atomic E-state index is 0.152. The van der Waals surface area contributed by atoms with E-state index in [2.05, 4.69) is 11.5 Å². The number of carboxylic acids is 1. The summed E-state index contributed by atoms with van der Waals surface area (Å²) >= 11 is 0. The number of allylic oxidation sites excluding steroid dienone is 3. The van der Waals surface area contributed by atoms with Gasteiger partial charge in [-0.3, -0.25) is 9.59 Å². The van der Waals surface area contributed by atoms with Crippen LogP contribution in [0.15, 0.2) is 60.4 Å². The van der Waals surface area contributed by atoms with Crippen molar-refractivity contribution >= 4 is 17.9 Å². The lowest BCUT2D eigenvalue weighted by Gasteiger charge is -2.61. The molecule has 1 aromatic rings. The number of aliphatic hydroxyl groups is 1. The number of hydrogen-bond acceptors (Lipinski definition) is 9. The molecule has 0 saturated carbocycles. The van der Waals surface area contributed by atoms with Crippen LogP contribution in [0.2, 0.25) is 0 Å². The van der Waals surface area contributed by atoms with Crippen LogP contribution in [-0.2, 0) is 35.7 Å². The Morgan fingerprint density at radius 1 is 1.27 bits per heavy atom. The van der Waals surface area contributed by atoms with Crippen molar-refractivity contribution in [2.45, 2.75) is 68.3 Å². The molecule has 41 heavy (non-hydrogen) atoms. The Balaban J connectivity index is 1.49. The van der Waals surface area contributed by atoms with E-state index in [1.165, 1.54) is 6.08 Å². The third kappa shape index (κ3) is 4.55. The number of piperidine rings is 1. The highest BCUT2D eigenvalue weighted by molar-refractivity contribution is 5.85. The average molecular weight is 566 g/mol. The van der Waals surface area contributed by atoms with E-state index in [0.717, 1.165) is 11.1 Å². The highest BCUT2D eigenvalue weighted by Gasteiger charge is 2.72. The number of carbonyl (C=O) groups excluding carboxylic acids is 2. The number of esters is 2. The van der Waals surface area contributed by atoms with E-state index in [9.17, 15) is 19.5 Å². The molecule has 2 unspecified atom stereocenters. The maximum atomic E-state index is 13.6. The zero-order chi connectivity index (χ0) is 29.5. The predicted molar refractivity (Wildman–Crippen MR) is 147 cm³/mol. The van der Waals surface area contributed by atoms with Crippen molar-refractivity contribution in [3.8, 4) is 11.5 Å². The number of methoxy groups -OCH3 is 1. The van der Waals surface area contributed by atoms with Crippen LogP contribution in [0.25, 0.3) is 0 Å². The number of aliphatic carboxylic acids is 1. The molecule has 4 aliphatic rings. The van der Waals surface area contributed by atoms with E-state index >= 15 is 0 Å². The van der Waals surface area contributed by atoms with Crippen LogP contribution in [0, 0.1) is 0 Å². The topological polar surface area (TPSA) is 132 Å². The van der Waals surface area contributed by atoms with Gasteiger partial charge in [-0.1, -0.05) is 36.9 Å². The van der Waals surface area contributed by atoms with Gasteiger partial charge >= 0.3 is 17.9 Å². The summed E-state index contributed by atoms with van der Waals surface area (Å²) < 4.78 is 23.4. The van der Waals surface area contributed by atoms with Crippen LogP contribution < -0.4 is 9.47 Å². The first-order valence-corrected chi connectivity index (χ1v) is 13.7. The van der Waals surface area contributed by atoms with Gasteiger partial charge in [0.2, 0.25) is 6.10 Å². The molecular weight excluding hydrogens is 530 g/mol. The zero-order valence-electron chi connectivity index (χ0n) is 23.4. The quantitative estimate of drug-likeness (QED) is 0.322. The Labute approximate surface area is 238 Å². The molecule has 10 nitrogen and oxygen atoms in total. The van der Waals surface area contributed by atoms with Gasteiger partial charge in [0.05, 0.1) is 31.0 Å². The normalized spacial score (nSPS) is 28.4. The van der Waals surface area contributed by atoms with Crippen LogP contribution in [0.3, 0.4) is 0 Å². The molecule has 2 bridgehead atoms. The molecule has 1 spiro atoms. The van der Waals surface area contributed by atoms with Crippen molar-refractivity contribution in [1.29, 1.82) is 0 Å². The summed E-state index contributed by atoms with van der Waals surface area (Å²) in [6, 6.07) is 3.70. The third-order valence-electron chi connectivity index (χ3n) is 8.73. The van der Waals surface area contributed by atoms with Gasteiger partial charge in [-0.25, -0.2) is 4.79 Å². The number of rotatable bonds is 10. The fourth-order valence-electron chi connectivity index (χ4n) is 6.81. The second kappa shape index (κ2) is 10.8. The Morgan fingerprint density at radius 3 is 2.76 bits per heavy atom. The van der Waals surface area contributed by atoms with E-state index in [1.807, 2.05) is 26.1 Å². The van der Waals surface area contributed by atoms with Crippen LogP contribution in [-0.4, -0.2) is 77.6 Å². The van der Waals surface area contributed by atoms with Gasteiger partial charge in [0.1, 0.15) is 5.76 Å². The van der Waals surface area contributed by atoms with E-state index in [0.29, 0.717) is 30.9 Å². The van der Waals surface area contributed by atoms with Gasteiger partial charge in [-0.2, -0.15) is 0 Å². The van der Waals surface area contributed by atoms with Gasteiger partial charge in [-0.05, 0) is 56.6 Å². The zero-order valence-corrected chi connectivity index (χ0v) is 23.4. The highest BCUT2D eigenvalue weighted by Crippen LogP contribution is 2.65. The summed E-state index contributed by atoms with van der Waals surface area (Å²) in [7, 11) is 3.56. The fourth-order valence-corrected chi connectivity index (χ4v) is 6.81. The molecule has 1 fully saturated rings. The van der Waals surface area contributed by atoms with E-state index < -0.39 is 54.0 Å². The van der Waals surface area contributed by atoms with Crippen molar-refractivity contribution in [1.82, 2.24) is 4.90 Å². The molecule has 2 heterocycles. The van der Waals surface area contributed by atoms with E-state index in [1.54, 1.807) is 31.4 Å². The summed E-state index contributed by atoms with van der Waals surface area (Å²) in [4.78, 5) is 39.1. The average Bonchev–Trinajstić information content (AvgIpc) is 3.30. The maximum absolute atomic E-state index is 13.6. The van der Waals surface area contributed by atoms with Gasteiger partial charge in [0.15, 0.2) is 17.6 Å². The summed E-state index contributed by atoms with van der Waals surface area (Å²) in [6.45, 7) is 6.41. The molecular formula is C31H35NO9. The predicted octanol–water partition coefficient (Wildman–Crippen LogP) is 2.98. The van der Waals surface area contributed by atoms with Crippen molar-refractivity contribution in [2.24, 2.45) is 0 Å². The monoisotopic (exact) mass is 565 g/mol. The molecule has 0 aromatic heterocycles. The number of carboxylic acid groups (broad SMARTS) is 1. The molecule has 1 saturated heterocycles. The molecule has 5 rings (SSSR count). The molecule has 2 aliphatic heterocycles. The Kier molecular flexibility index (Phi) is 7.56. The van der Waals surface area contributed by atoms with E-state index in [-0.39, 0.29) is 23.8 Å².